The molecule has 4 rings (SSSR count). The summed E-state index contributed by atoms with van der Waals surface area (Å²) in [7, 11) is 0. The second-order valence-corrected chi connectivity index (χ2v) is 9.66. The van der Waals surface area contributed by atoms with E-state index >= 15 is 0 Å². The van der Waals surface area contributed by atoms with Crippen LogP contribution in [0.3, 0.4) is 0 Å². The van der Waals surface area contributed by atoms with Gasteiger partial charge in [0, 0.05) is 37.8 Å². The number of hydrogen-bond donors (Lipinski definition) is 4. The highest BCUT2D eigenvalue weighted by atomic mass is 16.1. The number of hydrogen-bond acceptors (Lipinski definition) is 9. The molecule has 4 heterocycles. The number of piperazine rings is 1. The van der Waals surface area contributed by atoms with Crippen molar-refractivity contribution in [3.8, 4) is 11.5 Å². The molecule has 38 heavy (non-hydrogen) atoms. The number of ketones is 1. The van der Waals surface area contributed by atoms with E-state index in [0.29, 0.717) is 40.8 Å². The Morgan fingerprint density at radius 1 is 1.16 bits per heavy atom. The topological polar surface area (TPSA) is 170 Å². The highest BCUT2D eigenvalue weighted by Crippen LogP contribution is 2.22. The molecule has 0 saturated carbocycles. The number of Topliss-reactive ketones (excluding diaryl/α,β-unsaturated/α-hetero) is 1. The summed E-state index contributed by atoms with van der Waals surface area (Å²) in [5.74, 6) is 1.63. The predicted octanol–water partition coefficient (Wildman–Crippen LogP) is 2.50. The van der Waals surface area contributed by atoms with Gasteiger partial charge in [-0.2, -0.15) is 5.10 Å². The van der Waals surface area contributed by atoms with Crippen LogP contribution in [0.2, 0.25) is 0 Å². The van der Waals surface area contributed by atoms with Gasteiger partial charge in [-0.25, -0.2) is 9.97 Å². The molecule has 1 atom stereocenters. The fourth-order valence-corrected chi connectivity index (χ4v) is 4.84. The van der Waals surface area contributed by atoms with Crippen LogP contribution in [0.1, 0.15) is 69.6 Å². The number of rotatable bonds is 8. The molecule has 1 aliphatic heterocycles. The lowest BCUT2D eigenvalue weighted by Crippen LogP contribution is -2.56. The minimum Gasteiger partial charge on any atom is -0.385 e. The fourth-order valence-electron chi connectivity index (χ4n) is 4.84. The minimum atomic E-state index is -0.299. The van der Waals surface area contributed by atoms with Crippen LogP contribution in [0.15, 0.2) is 27.9 Å². The third kappa shape index (κ3) is 7.15. The molecule has 3 aromatic rings. The smallest absolute Gasteiger partial charge is 0.291 e. The third-order valence-corrected chi connectivity index (χ3v) is 6.63. The number of nitrogen functional groups attached to an aromatic ring is 1. The molecule has 1 saturated heterocycles. The molecule has 0 aromatic carbocycles. The van der Waals surface area contributed by atoms with E-state index in [4.69, 9.17) is 5.73 Å². The molecule has 1 fully saturated rings. The average molecular weight is 526 g/mol. The van der Waals surface area contributed by atoms with Crippen molar-refractivity contribution in [2.45, 2.75) is 72.4 Å². The van der Waals surface area contributed by atoms with E-state index in [2.05, 4.69) is 60.7 Å². The molecule has 1 aliphatic rings. The number of carbonyl (C=O) groups is 1. The monoisotopic (exact) mass is 525 g/mol. The number of pyridine rings is 1. The summed E-state index contributed by atoms with van der Waals surface area (Å²) in [5, 5.41) is 6.86. The zero-order valence-corrected chi connectivity index (χ0v) is 22.9. The van der Waals surface area contributed by atoms with Crippen molar-refractivity contribution in [3.05, 3.63) is 50.4 Å². The predicted molar refractivity (Wildman–Crippen MR) is 148 cm³/mol. The maximum absolute atomic E-state index is 12.6. The number of aromatic nitrogens is 6. The highest BCUT2D eigenvalue weighted by Gasteiger charge is 2.30. The van der Waals surface area contributed by atoms with E-state index in [1.165, 1.54) is 44.7 Å². The molecule has 12 nitrogen and oxygen atoms in total. The summed E-state index contributed by atoms with van der Waals surface area (Å²) in [5.41, 5.74) is 5.75. The molecule has 5 N–H and O–H groups in total. The zero-order chi connectivity index (χ0) is 27.8. The lowest BCUT2D eigenvalue weighted by Gasteiger charge is -2.44. The van der Waals surface area contributed by atoms with Gasteiger partial charge in [0.25, 0.3) is 5.56 Å². The van der Waals surface area contributed by atoms with Gasteiger partial charge < -0.3 is 20.6 Å². The number of aromatic amines is 3. The first kappa shape index (κ1) is 28.8. The van der Waals surface area contributed by atoms with E-state index < -0.39 is 0 Å². The van der Waals surface area contributed by atoms with Crippen molar-refractivity contribution in [2.75, 3.05) is 30.3 Å². The largest absolute Gasteiger partial charge is 0.385 e. The van der Waals surface area contributed by atoms with Gasteiger partial charge in [-0.1, -0.05) is 26.7 Å². The van der Waals surface area contributed by atoms with Gasteiger partial charge in [0.2, 0.25) is 5.56 Å². The van der Waals surface area contributed by atoms with Crippen molar-refractivity contribution in [1.82, 2.24) is 35.0 Å². The van der Waals surface area contributed by atoms with Crippen LogP contribution in [0, 0.1) is 6.92 Å². The van der Waals surface area contributed by atoms with Gasteiger partial charge in [0.05, 0.1) is 11.8 Å². The van der Waals surface area contributed by atoms with E-state index in [1.54, 1.807) is 6.20 Å². The third-order valence-electron chi connectivity index (χ3n) is 6.63. The van der Waals surface area contributed by atoms with E-state index in [1.807, 2.05) is 6.92 Å². The molecule has 3 aromatic heterocycles. The summed E-state index contributed by atoms with van der Waals surface area (Å²) in [6, 6.07) is 3.72. The number of anilines is 2. The number of carbonyl (C=O) groups excluding carboxylic acids is 1. The average Bonchev–Trinajstić information content (AvgIpc) is 3.30. The van der Waals surface area contributed by atoms with E-state index in [-0.39, 0.29) is 22.7 Å². The van der Waals surface area contributed by atoms with Crippen LogP contribution in [0.5, 0.6) is 0 Å². The first-order chi connectivity index (χ1) is 18.1. The molecule has 0 aliphatic carbocycles. The number of nitrogens with zero attached hydrogens (tertiary/aromatic N) is 5. The Balaban J connectivity index is 0.000000304. The van der Waals surface area contributed by atoms with E-state index in [9.17, 15) is 14.4 Å². The summed E-state index contributed by atoms with van der Waals surface area (Å²) < 4.78 is 0. The molecule has 0 amide bonds. The Labute approximate surface area is 222 Å². The summed E-state index contributed by atoms with van der Waals surface area (Å²) in [4.78, 5) is 52.6. The second-order valence-electron chi connectivity index (χ2n) is 9.66. The summed E-state index contributed by atoms with van der Waals surface area (Å²) in [6.45, 7) is 12.6. The lowest BCUT2D eigenvalue weighted by molar-refractivity contribution is 0.101. The second kappa shape index (κ2) is 13.1. The van der Waals surface area contributed by atoms with Gasteiger partial charge in [0.15, 0.2) is 17.4 Å². The molecular weight excluding hydrogens is 486 g/mol. The number of nitrogens with two attached hydrogens (primary N) is 1. The molecular formula is C26H39N9O3. The first-order valence-corrected chi connectivity index (χ1v) is 13.1. The Bertz CT molecular complexity index is 1320. The first-order valence-electron chi connectivity index (χ1n) is 13.1. The zero-order valence-electron chi connectivity index (χ0n) is 22.9. The maximum Gasteiger partial charge on any atom is 0.291 e. The number of aryl methyl sites for hydroxylation is 1. The van der Waals surface area contributed by atoms with E-state index in [0.717, 1.165) is 19.6 Å². The van der Waals surface area contributed by atoms with Crippen LogP contribution in [-0.4, -0.2) is 72.5 Å². The Kier molecular flexibility index (Phi) is 9.94. The van der Waals surface area contributed by atoms with Crippen molar-refractivity contribution in [1.29, 1.82) is 0 Å². The van der Waals surface area contributed by atoms with Gasteiger partial charge in [-0.3, -0.25) is 24.4 Å². The summed E-state index contributed by atoms with van der Waals surface area (Å²) in [6.07, 6.45) is 6.54. The van der Waals surface area contributed by atoms with Crippen molar-refractivity contribution < 1.29 is 4.79 Å². The number of H-pyrrole nitrogens is 3. The molecule has 206 valence electrons. The van der Waals surface area contributed by atoms with Crippen LogP contribution >= 0.6 is 0 Å². The molecule has 1 unspecified atom stereocenters. The van der Waals surface area contributed by atoms with Gasteiger partial charge >= 0.3 is 0 Å². The fraction of sp³-hybridized carbons (Fsp3) is 0.538. The molecule has 0 spiro atoms. The van der Waals surface area contributed by atoms with Gasteiger partial charge in [-0.05, 0) is 39.7 Å². The molecule has 12 heteroatoms. The van der Waals surface area contributed by atoms with Crippen LogP contribution < -0.4 is 21.8 Å². The number of nitrogens with one attached hydrogen (secondary N) is 3. The minimum absolute atomic E-state index is 0.130. The normalized spacial score (nSPS) is 15.8. The SMILES string of the molecule is CC(=O)c1ccc(=O)[nH]c1N.CCCC(CCC)N1CCN(c2ncc(-c3n[nH]c(C)n3)[nH]c2=O)CC1C. The van der Waals surface area contributed by atoms with Crippen molar-refractivity contribution >= 4 is 17.4 Å². The lowest BCUT2D eigenvalue weighted by atomic mass is 10.0. The summed E-state index contributed by atoms with van der Waals surface area (Å²) >= 11 is 0. The standard InChI is InChI=1S/C19H31N7O.C7H8N2O2/c1-5-7-15(8-6-2)26-10-9-25(12-13(26)3)18-19(27)22-16(11-20-18)17-21-14(4)23-24-17;1-4(10)5-2-3-6(11)9-7(5)8/h11,13,15H,5-10,12H2,1-4H3,(H,22,27)(H,21,23,24);2-3H,1H3,(H3,8,9,11). The quantitative estimate of drug-likeness (QED) is 0.323. The van der Waals surface area contributed by atoms with Gasteiger partial charge in [0.1, 0.15) is 17.3 Å². The highest BCUT2D eigenvalue weighted by molar-refractivity contribution is 5.98. The Hall–Kier alpha value is -3.80. The maximum atomic E-state index is 12.6. The molecule has 0 bridgehead atoms. The van der Waals surface area contributed by atoms with Crippen LogP contribution in [-0.2, 0) is 0 Å². The van der Waals surface area contributed by atoms with Crippen LogP contribution in [0.25, 0.3) is 11.5 Å². The van der Waals surface area contributed by atoms with Crippen LogP contribution in [0.4, 0.5) is 11.6 Å². The molecule has 0 radical (unpaired) electrons. The van der Waals surface area contributed by atoms with Crippen molar-refractivity contribution in [3.63, 3.8) is 0 Å². The van der Waals surface area contributed by atoms with Crippen molar-refractivity contribution in [2.24, 2.45) is 0 Å². The van der Waals surface area contributed by atoms with Gasteiger partial charge in [-0.15, -0.1) is 0 Å². The Morgan fingerprint density at radius 3 is 2.39 bits per heavy atom. The Morgan fingerprint density at radius 2 is 1.87 bits per heavy atom.